The Morgan fingerprint density at radius 3 is 2.36 bits per heavy atom. The summed E-state index contributed by atoms with van der Waals surface area (Å²) in [5.41, 5.74) is 1.09. The van der Waals surface area contributed by atoms with E-state index in [0.717, 1.165) is 5.56 Å². The maximum absolute atomic E-state index is 5.79. The summed E-state index contributed by atoms with van der Waals surface area (Å²) in [5.74, 6) is 0. The standard InChI is InChI=1S/C8H8Cl2S/c1-5(11)6-2-3-7(9)8(10)4-6/h2-5,11H,1H3/t5-/m1/s1. The Kier molecular flexibility index (Phi) is 3.11. The Morgan fingerprint density at radius 1 is 1.27 bits per heavy atom. The third-order valence-electron chi connectivity index (χ3n) is 1.43. The van der Waals surface area contributed by atoms with Crippen molar-refractivity contribution in [2.45, 2.75) is 12.2 Å². The third kappa shape index (κ3) is 2.29. The Labute approximate surface area is 81.9 Å². The molecular formula is C8H8Cl2S. The van der Waals surface area contributed by atoms with Gasteiger partial charge in [0.2, 0.25) is 0 Å². The predicted octanol–water partition coefficient (Wildman–Crippen LogP) is 3.98. The van der Waals surface area contributed by atoms with Crippen LogP contribution in [0.5, 0.6) is 0 Å². The van der Waals surface area contributed by atoms with Crippen molar-refractivity contribution in [3.05, 3.63) is 33.8 Å². The van der Waals surface area contributed by atoms with E-state index in [1.165, 1.54) is 0 Å². The summed E-state index contributed by atoms with van der Waals surface area (Å²) >= 11 is 15.8. The van der Waals surface area contributed by atoms with E-state index in [4.69, 9.17) is 23.2 Å². The average molecular weight is 207 g/mol. The number of hydrogen-bond acceptors (Lipinski definition) is 1. The molecule has 0 spiro atoms. The van der Waals surface area contributed by atoms with Crippen molar-refractivity contribution in [1.82, 2.24) is 0 Å². The molecule has 60 valence electrons. The van der Waals surface area contributed by atoms with Crippen molar-refractivity contribution in [3.8, 4) is 0 Å². The summed E-state index contributed by atoms with van der Waals surface area (Å²) in [5, 5.41) is 1.37. The quantitative estimate of drug-likeness (QED) is 0.661. The van der Waals surface area contributed by atoms with Gasteiger partial charge < -0.3 is 0 Å². The number of rotatable bonds is 1. The van der Waals surface area contributed by atoms with Crippen LogP contribution in [0.1, 0.15) is 17.7 Å². The molecule has 0 heterocycles. The molecule has 0 N–H and O–H groups in total. The van der Waals surface area contributed by atoms with Crippen molar-refractivity contribution in [1.29, 1.82) is 0 Å². The van der Waals surface area contributed by atoms with E-state index in [0.29, 0.717) is 10.0 Å². The van der Waals surface area contributed by atoms with Gasteiger partial charge >= 0.3 is 0 Å². The SMILES string of the molecule is C[C@@H](S)c1ccc(Cl)c(Cl)c1. The van der Waals surface area contributed by atoms with Gasteiger partial charge in [0.25, 0.3) is 0 Å². The molecular weight excluding hydrogens is 199 g/mol. The first-order chi connectivity index (χ1) is 5.11. The molecule has 0 aliphatic carbocycles. The van der Waals surface area contributed by atoms with Gasteiger partial charge in [-0.25, -0.2) is 0 Å². The van der Waals surface area contributed by atoms with Crippen molar-refractivity contribution in [2.75, 3.05) is 0 Å². The predicted molar refractivity (Wildman–Crippen MR) is 53.9 cm³/mol. The van der Waals surface area contributed by atoms with Crippen LogP contribution in [0.2, 0.25) is 10.0 Å². The van der Waals surface area contributed by atoms with Crippen molar-refractivity contribution in [2.24, 2.45) is 0 Å². The van der Waals surface area contributed by atoms with Crippen LogP contribution in [-0.2, 0) is 0 Å². The maximum Gasteiger partial charge on any atom is 0.0595 e. The van der Waals surface area contributed by atoms with Gasteiger partial charge in [-0.3, -0.25) is 0 Å². The minimum atomic E-state index is 0.199. The summed E-state index contributed by atoms with van der Waals surface area (Å²) in [7, 11) is 0. The van der Waals surface area contributed by atoms with Crippen LogP contribution >= 0.6 is 35.8 Å². The number of thiol groups is 1. The molecule has 0 amide bonds. The molecule has 1 aromatic rings. The number of hydrogen-bond donors (Lipinski definition) is 1. The molecule has 11 heavy (non-hydrogen) atoms. The normalized spacial score (nSPS) is 13.1. The van der Waals surface area contributed by atoms with E-state index in [1.807, 2.05) is 19.1 Å². The topological polar surface area (TPSA) is 0 Å². The van der Waals surface area contributed by atoms with Gasteiger partial charge in [-0.15, -0.1) is 0 Å². The second-order valence-electron chi connectivity index (χ2n) is 2.35. The molecule has 0 aliphatic rings. The lowest BCUT2D eigenvalue weighted by Gasteiger charge is -2.04. The molecule has 0 aromatic heterocycles. The zero-order valence-electron chi connectivity index (χ0n) is 6.01. The van der Waals surface area contributed by atoms with E-state index >= 15 is 0 Å². The minimum absolute atomic E-state index is 0.199. The van der Waals surface area contributed by atoms with Gasteiger partial charge in [-0.1, -0.05) is 29.3 Å². The fourth-order valence-corrected chi connectivity index (χ4v) is 1.24. The fraction of sp³-hybridized carbons (Fsp3) is 0.250. The van der Waals surface area contributed by atoms with E-state index in [-0.39, 0.29) is 5.25 Å². The van der Waals surface area contributed by atoms with Crippen LogP contribution in [0.25, 0.3) is 0 Å². The van der Waals surface area contributed by atoms with Crippen LogP contribution in [0.3, 0.4) is 0 Å². The Morgan fingerprint density at radius 2 is 1.91 bits per heavy atom. The van der Waals surface area contributed by atoms with Gasteiger partial charge in [-0.2, -0.15) is 12.6 Å². The molecule has 0 saturated carbocycles. The molecule has 0 nitrogen and oxygen atoms in total. The maximum atomic E-state index is 5.79. The van der Waals surface area contributed by atoms with Gasteiger partial charge in [-0.05, 0) is 24.6 Å². The van der Waals surface area contributed by atoms with E-state index in [2.05, 4.69) is 12.6 Å². The summed E-state index contributed by atoms with van der Waals surface area (Å²) < 4.78 is 0. The van der Waals surface area contributed by atoms with Gasteiger partial charge in [0.15, 0.2) is 0 Å². The highest BCUT2D eigenvalue weighted by Gasteiger charge is 2.02. The highest BCUT2D eigenvalue weighted by atomic mass is 35.5. The Balaban J connectivity index is 3.05. The van der Waals surface area contributed by atoms with E-state index in [9.17, 15) is 0 Å². The van der Waals surface area contributed by atoms with Gasteiger partial charge in [0.1, 0.15) is 0 Å². The van der Waals surface area contributed by atoms with Crippen molar-refractivity contribution in [3.63, 3.8) is 0 Å². The van der Waals surface area contributed by atoms with E-state index in [1.54, 1.807) is 6.07 Å². The highest BCUT2D eigenvalue weighted by Crippen LogP contribution is 2.27. The lowest BCUT2D eigenvalue weighted by atomic mass is 10.2. The van der Waals surface area contributed by atoms with Crippen molar-refractivity contribution < 1.29 is 0 Å². The van der Waals surface area contributed by atoms with E-state index < -0.39 is 0 Å². The summed E-state index contributed by atoms with van der Waals surface area (Å²) in [6.07, 6.45) is 0. The minimum Gasteiger partial charge on any atom is -0.171 e. The summed E-state index contributed by atoms with van der Waals surface area (Å²) in [6, 6.07) is 5.54. The molecule has 0 fully saturated rings. The van der Waals surface area contributed by atoms with Crippen LogP contribution < -0.4 is 0 Å². The molecule has 0 radical (unpaired) electrons. The first-order valence-electron chi connectivity index (χ1n) is 3.24. The Hall–Kier alpha value is 0.150. The fourth-order valence-electron chi connectivity index (χ4n) is 0.772. The average Bonchev–Trinajstić information content (AvgIpc) is 1.94. The lowest BCUT2D eigenvalue weighted by Crippen LogP contribution is -1.83. The molecule has 0 saturated heterocycles. The van der Waals surface area contributed by atoms with Crippen LogP contribution in [-0.4, -0.2) is 0 Å². The number of halogens is 2. The summed E-state index contributed by atoms with van der Waals surface area (Å²) in [6.45, 7) is 1.99. The molecule has 1 atom stereocenters. The lowest BCUT2D eigenvalue weighted by molar-refractivity contribution is 1.11. The molecule has 1 aromatic carbocycles. The largest absolute Gasteiger partial charge is 0.171 e. The highest BCUT2D eigenvalue weighted by molar-refractivity contribution is 7.80. The monoisotopic (exact) mass is 206 g/mol. The molecule has 0 bridgehead atoms. The van der Waals surface area contributed by atoms with Gasteiger partial charge in [0.05, 0.1) is 10.0 Å². The smallest absolute Gasteiger partial charge is 0.0595 e. The molecule has 0 unspecified atom stereocenters. The van der Waals surface area contributed by atoms with Gasteiger partial charge in [0, 0.05) is 5.25 Å². The van der Waals surface area contributed by atoms with Crippen LogP contribution in [0.15, 0.2) is 18.2 Å². The second kappa shape index (κ2) is 3.70. The molecule has 1 rings (SSSR count). The van der Waals surface area contributed by atoms with Crippen LogP contribution in [0.4, 0.5) is 0 Å². The number of benzene rings is 1. The van der Waals surface area contributed by atoms with Crippen LogP contribution in [0, 0.1) is 0 Å². The summed E-state index contributed by atoms with van der Waals surface area (Å²) in [4.78, 5) is 0. The third-order valence-corrected chi connectivity index (χ3v) is 2.46. The van der Waals surface area contributed by atoms with Crippen molar-refractivity contribution >= 4 is 35.8 Å². The molecule has 0 aliphatic heterocycles. The first kappa shape index (κ1) is 9.24. The zero-order chi connectivity index (χ0) is 8.43. The zero-order valence-corrected chi connectivity index (χ0v) is 8.42. The Bertz CT molecular complexity index is 258. The first-order valence-corrected chi connectivity index (χ1v) is 4.51. The molecule has 3 heteroatoms. The second-order valence-corrected chi connectivity index (χ2v) is 3.94.